The van der Waals surface area contributed by atoms with Crippen LogP contribution in [0.25, 0.3) is 0 Å². The Bertz CT molecular complexity index is 832. The maximum atomic E-state index is 5.56. The number of terminal acetylenes is 1. The molecule has 0 amide bonds. The van der Waals surface area contributed by atoms with E-state index in [0.29, 0.717) is 18.0 Å². The molecule has 0 fully saturated rings. The lowest BCUT2D eigenvalue weighted by Crippen LogP contribution is -2.38. The quantitative estimate of drug-likeness (QED) is 0.256. The molecule has 0 saturated heterocycles. The summed E-state index contributed by atoms with van der Waals surface area (Å²) in [4.78, 5) is 6.42. The molecule has 0 aromatic heterocycles. The normalized spacial score (nSPS) is 10.4. The molecule has 7 heteroatoms. The molecule has 0 spiro atoms. The third-order valence-electron chi connectivity index (χ3n) is 4.14. The van der Waals surface area contributed by atoms with Gasteiger partial charge >= 0.3 is 0 Å². The van der Waals surface area contributed by atoms with Gasteiger partial charge in [0.05, 0.1) is 14.2 Å². The molecule has 0 radical (unpaired) electrons. The molecule has 2 rings (SSSR count). The first-order chi connectivity index (χ1) is 13.6. The molecular weight excluding hydrogens is 481 g/mol. The predicted octanol–water partition coefficient (Wildman–Crippen LogP) is 3.54. The van der Waals surface area contributed by atoms with Crippen molar-refractivity contribution in [1.29, 1.82) is 0 Å². The van der Waals surface area contributed by atoms with Crippen molar-refractivity contribution < 1.29 is 14.2 Å². The van der Waals surface area contributed by atoms with E-state index >= 15 is 0 Å². The van der Waals surface area contributed by atoms with Crippen molar-refractivity contribution in [1.82, 2.24) is 10.2 Å². The van der Waals surface area contributed by atoms with Gasteiger partial charge in [0.25, 0.3) is 0 Å². The first-order valence-electron chi connectivity index (χ1n) is 8.89. The molecule has 29 heavy (non-hydrogen) atoms. The number of nitrogens with one attached hydrogen (secondary N) is 1. The van der Waals surface area contributed by atoms with Crippen molar-refractivity contribution in [2.75, 3.05) is 34.9 Å². The summed E-state index contributed by atoms with van der Waals surface area (Å²) < 4.78 is 16.1. The maximum absolute atomic E-state index is 5.56. The van der Waals surface area contributed by atoms with E-state index in [9.17, 15) is 0 Å². The largest absolute Gasteiger partial charge is 0.497 e. The fourth-order valence-electron chi connectivity index (χ4n) is 2.71. The fraction of sp³-hybridized carbons (Fsp3) is 0.318. The molecule has 0 aliphatic carbocycles. The van der Waals surface area contributed by atoms with Gasteiger partial charge in [0.1, 0.15) is 12.4 Å². The molecule has 0 heterocycles. The second kappa shape index (κ2) is 12.8. The minimum atomic E-state index is 0. The summed E-state index contributed by atoms with van der Waals surface area (Å²) in [5.74, 6) is 5.38. The number of benzene rings is 2. The summed E-state index contributed by atoms with van der Waals surface area (Å²) in [5, 5.41) is 3.36. The fourth-order valence-corrected chi connectivity index (χ4v) is 2.71. The van der Waals surface area contributed by atoms with Crippen LogP contribution in [0.15, 0.2) is 47.5 Å². The molecule has 0 atom stereocenters. The Hall–Kier alpha value is -2.60. The van der Waals surface area contributed by atoms with Crippen LogP contribution in [0.5, 0.6) is 17.2 Å². The molecule has 0 unspecified atom stereocenters. The minimum absolute atomic E-state index is 0. The number of aliphatic imine (C=N–C) groups is 1. The van der Waals surface area contributed by atoms with Crippen molar-refractivity contribution in [2.45, 2.75) is 13.1 Å². The van der Waals surface area contributed by atoms with E-state index in [1.807, 2.05) is 49.5 Å². The highest BCUT2D eigenvalue weighted by Crippen LogP contribution is 2.28. The highest BCUT2D eigenvalue weighted by molar-refractivity contribution is 14.0. The van der Waals surface area contributed by atoms with Gasteiger partial charge in [0.15, 0.2) is 17.5 Å². The zero-order chi connectivity index (χ0) is 20.4. The second-order valence-electron chi connectivity index (χ2n) is 6.08. The first kappa shape index (κ1) is 24.4. The lowest BCUT2D eigenvalue weighted by atomic mass is 10.2. The summed E-state index contributed by atoms with van der Waals surface area (Å²) in [5.41, 5.74) is 2.20. The lowest BCUT2D eigenvalue weighted by Gasteiger charge is -2.22. The van der Waals surface area contributed by atoms with Crippen molar-refractivity contribution in [3.63, 3.8) is 0 Å². The van der Waals surface area contributed by atoms with E-state index in [-0.39, 0.29) is 30.6 Å². The smallest absolute Gasteiger partial charge is 0.193 e. The number of hydrogen-bond acceptors (Lipinski definition) is 4. The van der Waals surface area contributed by atoms with Gasteiger partial charge in [-0.1, -0.05) is 24.1 Å². The van der Waals surface area contributed by atoms with Crippen LogP contribution < -0.4 is 19.5 Å². The van der Waals surface area contributed by atoms with Crippen LogP contribution in [0.1, 0.15) is 11.1 Å². The molecule has 0 aliphatic rings. The Kier molecular flexibility index (Phi) is 10.8. The van der Waals surface area contributed by atoms with Crippen LogP contribution in [0, 0.1) is 12.3 Å². The Morgan fingerprint density at radius 3 is 2.34 bits per heavy atom. The summed E-state index contributed by atoms with van der Waals surface area (Å²) in [6, 6.07) is 13.8. The van der Waals surface area contributed by atoms with Gasteiger partial charge < -0.3 is 24.4 Å². The van der Waals surface area contributed by atoms with Crippen molar-refractivity contribution >= 4 is 29.9 Å². The van der Waals surface area contributed by atoms with Gasteiger partial charge in [0.2, 0.25) is 0 Å². The number of nitrogens with zero attached hydrogens (tertiary/aromatic N) is 2. The third kappa shape index (κ3) is 7.38. The van der Waals surface area contributed by atoms with Crippen LogP contribution in [0.2, 0.25) is 0 Å². The average Bonchev–Trinajstić information content (AvgIpc) is 2.73. The minimum Gasteiger partial charge on any atom is -0.497 e. The number of halogens is 1. The number of rotatable bonds is 8. The summed E-state index contributed by atoms with van der Waals surface area (Å²) in [7, 11) is 7.03. The van der Waals surface area contributed by atoms with Crippen LogP contribution in [0.3, 0.4) is 0 Å². The molecule has 1 N–H and O–H groups in total. The van der Waals surface area contributed by atoms with E-state index in [1.165, 1.54) is 5.56 Å². The maximum Gasteiger partial charge on any atom is 0.193 e. The van der Waals surface area contributed by atoms with E-state index in [4.69, 9.17) is 20.6 Å². The Morgan fingerprint density at radius 2 is 1.76 bits per heavy atom. The predicted molar refractivity (Wildman–Crippen MR) is 127 cm³/mol. The van der Waals surface area contributed by atoms with Crippen molar-refractivity contribution in [3.8, 4) is 29.6 Å². The molecule has 6 nitrogen and oxygen atoms in total. The number of ether oxygens (including phenoxy) is 3. The third-order valence-corrected chi connectivity index (χ3v) is 4.14. The van der Waals surface area contributed by atoms with Gasteiger partial charge in [-0.05, 0) is 35.4 Å². The van der Waals surface area contributed by atoms with Gasteiger partial charge in [-0.15, -0.1) is 30.4 Å². The molecule has 0 aliphatic heterocycles. The van der Waals surface area contributed by atoms with Crippen LogP contribution in [-0.4, -0.2) is 45.8 Å². The summed E-state index contributed by atoms with van der Waals surface area (Å²) in [6.45, 7) is 1.51. The number of guanidine groups is 1. The first-order valence-corrected chi connectivity index (χ1v) is 8.89. The average molecular weight is 509 g/mol. The van der Waals surface area contributed by atoms with Gasteiger partial charge in [-0.25, -0.2) is 0 Å². The molecule has 2 aromatic carbocycles. The lowest BCUT2D eigenvalue weighted by molar-refractivity contribution is 0.330. The molecular formula is C22H28IN3O3. The van der Waals surface area contributed by atoms with Crippen LogP contribution in [0.4, 0.5) is 0 Å². The molecule has 156 valence electrons. The van der Waals surface area contributed by atoms with E-state index < -0.39 is 0 Å². The Morgan fingerprint density at radius 1 is 1.07 bits per heavy atom. The number of methoxy groups -OCH3 is 2. The van der Waals surface area contributed by atoms with E-state index in [1.54, 1.807) is 21.3 Å². The highest BCUT2D eigenvalue weighted by atomic mass is 127. The standard InChI is InChI=1S/C22H27N3O3.HI/c1-6-13-28-21-14-18(9-12-20(21)27-5)15-24-22(23-2)25(3)16-17-7-10-19(26-4)11-8-17;/h1,7-12,14H,13,15-16H2,2-5H3,(H,23,24);1H. The van der Waals surface area contributed by atoms with Crippen molar-refractivity contribution in [3.05, 3.63) is 53.6 Å². The Labute approximate surface area is 190 Å². The topological polar surface area (TPSA) is 55.3 Å². The van der Waals surface area contributed by atoms with Gasteiger partial charge in [-0.2, -0.15) is 0 Å². The molecule has 2 aromatic rings. The van der Waals surface area contributed by atoms with Crippen molar-refractivity contribution in [2.24, 2.45) is 4.99 Å². The zero-order valence-corrected chi connectivity index (χ0v) is 19.6. The Balaban J connectivity index is 0.00000420. The number of hydrogen-bond donors (Lipinski definition) is 1. The molecule has 0 saturated carbocycles. The summed E-state index contributed by atoms with van der Waals surface area (Å²) >= 11 is 0. The van der Waals surface area contributed by atoms with Gasteiger partial charge in [-0.3, -0.25) is 4.99 Å². The molecule has 0 bridgehead atoms. The van der Waals surface area contributed by atoms with E-state index in [2.05, 4.69) is 21.1 Å². The van der Waals surface area contributed by atoms with Crippen LogP contribution in [-0.2, 0) is 13.1 Å². The summed E-state index contributed by atoms with van der Waals surface area (Å²) in [6.07, 6.45) is 5.28. The SMILES string of the molecule is C#CCOc1cc(CNC(=NC)N(C)Cc2ccc(OC)cc2)ccc1OC.I. The second-order valence-corrected chi connectivity index (χ2v) is 6.08. The highest BCUT2D eigenvalue weighted by Gasteiger charge is 2.09. The van der Waals surface area contributed by atoms with E-state index in [0.717, 1.165) is 23.8 Å². The van der Waals surface area contributed by atoms with Crippen LogP contribution >= 0.6 is 24.0 Å². The monoisotopic (exact) mass is 509 g/mol. The van der Waals surface area contributed by atoms with Gasteiger partial charge in [0, 0.05) is 27.2 Å². The zero-order valence-electron chi connectivity index (χ0n) is 17.3.